The Morgan fingerprint density at radius 3 is 2.26 bits per heavy atom. The molecule has 0 bridgehead atoms. The van der Waals surface area contributed by atoms with Crippen molar-refractivity contribution in [2.45, 2.75) is 116 Å². The summed E-state index contributed by atoms with van der Waals surface area (Å²) in [5.74, 6) is 0. The van der Waals surface area contributed by atoms with Gasteiger partial charge < -0.3 is 14.1 Å². The smallest absolute Gasteiger partial charge is 0.410 e. The minimum absolute atomic E-state index is 0.341. The van der Waals surface area contributed by atoms with E-state index in [1.165, 1.54) is 0 Å². The van der Waals surface area contributed by atoms with Gasteiger partial charge in [0.05, 0.1) is 10.6 Å². The highest BCUT2D eigenvalue weighted by Gasteiger charge is 2.50. The second-order valence-electron chi connectivity index (χ2n) is 12.7. The van der Waals surface area contributed by atoms with Gasteiger partial charge in [-0.2, -0.15) is 0 Å². The zero-order valence-electron chi connectivity index (χ0n) is 23.1. The highest BCUT2D eigenvalue weighted by atomic mass is 35.5. The first-order valence-corrected chi connectivity index (χ1v) is 20.0. The van der Waals surface area contributed by atoms with Crippen LogP contribution in [-0.4, -0.2) is 50.3 Å². The molecule has 1 aliphatic rings. The number of anilines is 1. The maximum absolute atomic E-state index is 13.2. The van der Waals surface area contributed by atoms with Crippen LogP contribution in [0.1, 0.15) is 71.5 Å². The quantitative estimate of drug-likeness (QED) is 0.351. The van der Waals surface area contributed by atoms with E-state index >= 15 is 0 Å². The average Bonchev–Trinajstić information content (AvgIpc) is 3.09. The number of unbranched alkanes of at least 4 members (excludes halogenated alkanes) is 1. The second kappa shape index (κ2) is 10.5. The van der Waals surface area contributed by atoms with Crippen molar-refractivity contribution in [3.8, 4) is 0 Å². The fourth-order valence-electron chi connectivity index (χ4n) is 5.57. The maximum atomic E-state index is 13.2. The number of amides is 1. The van der Waals surface area contributed by atoms with Crippen LogP contribution in [0.2, 0.25) is 44.3 Å². The number of hydrogen-bond acceptors (Lipinski definition) is 4. The summed E-state index contributed by atoms with van der Waals surface area (Å²) < 4.78 is 8.34. The second-order valence-corrected chi connectivity index (χ2v) is 23.2. The molecule has 1 fully saturated rings. The normalized spacial score (nSPS) is 20.4. The molecule has 5 nitrogen and oxygen atoms in total. The maximum Gasteiger partial charge on any atom is 0.410 e. The average molecular weight is 527 g/mol. The Hall–Kier alpha value is -1.03. The van der Waals surface area contributed by atoms with Crippen LogP contribution >= 0.6 is 11.6 Å². The largest absolute Gasteiger partial charge is 0.444 e. The molecule has 194 valence electrons. The van der Waals surface area contributed by atoms with Crippen LogP contribution in [0.25, 0.3) is 0 Å². The summed E-state index contributed by atoms with van der Waals surface area (Å²) in [6, 6.07) is 6.02. The predicted octanol–water partition coefficient (Wildman–Crippen LogP) is 7.81. The molecule has 1 N–H and O–H groups in total. The Morgan fingerprint density at radius 1 is 1.21 bits per heavy atom. The van der Waals surface area contributed by atoms with Crippen molar-refractivity contribution in [2.75, 3.05) is 10.8 Å². The predicted molar refractivity (Wildman–Crippen MR) is 150 cm³/mol. The van der Waals surface area contributed by atoms with Crippen molar-refractivity contribution in [2.24, 2.45) is 0 Å². The van der Waals surface area contributed by atoms with Gasteiger partial charge in [0.2, 0.25) is 0 Å². The highest BCUT2D eigenvalue weighted by Crippen LogP contribution is 2.46. The summed E-state index contributed by atoms with van der Waals surface area (Å²) in [5, 5.41) is 12.5. The minimum Gasteiger partial charge on any atom is -0.444 e. The number of aliphatic hydroxyl groups excluding tert-OH is 1. The molecule has 0 radical (unpaired) electrons. The van der Waals surface area contributed by atoms with E-state index in [0.29, 0.717) is 11.6 Å². The first-order chi connectivity index (χ1) is 15.4. The number of likely N-dealkylation sites (tertiary alicyclic amines) is 1. The lowest BCUT2D eigenvalue weighted by Gasteiger charge is -2.46. The van der Waals surface area contributed by atoms with Gasteiger partial charge >= 0.3 is 6.09 Å². The summed E-state index contributed by atoms with van der Waals surface area (Å²) in [5.41, 5.74) is 0.573. The first-order valence-electron chi connectivity index (χ1n) is 12.7. The SMILES string of the molecule is CCCCC1(C(O)c2ccc(N([Si](C)(C)C)[Si](C)(C)C)c(Cl)c2)CCCN1C(=O)OC(C)(C)C. The molecule has 0 aliphatic carbocycles. The van der Waals surface area contributed by atoms with E-state index in [0.717, 1.165) is 43.4 Å². The van der Waals surface area contributed by atoms with E-state index in [2.05, 4.69) is 56.5 Å². The molecule has 2 atom stereocenters. The van der Waals surface area contributed by atoms with Gasteiger partial charge in [-0.15, -0.1) is 0 Å². The fraction of sp³-hybridized carbons (Fsp3) is 0.731. The molecule has 2 unspecified atom stereocenters. The van der Waals surface area contributed by atoms with Crippen molar-refractivity contribution in [3.63, 3.8) is 0 Å². The molecule has 1 heterocycles. The third-order valence-corrected chi connectivity index (χ3v) is 14.0. The number of carbonyl (C=O) groups is 1. The van der Waals surface area contributed by atoms with Crippen molar-refractivity contribution in [1.82, 2.24) is 4.90 Å². The summed E-state index contributed by atoms with van der Waals surface area (Å²) in [6.45, 7) is 22.5. The number of aliphatic hydroxyl groups is 1. The molecule has 1 aromatic rings. The molecule has 34 heavy (non-hydrogen) atoms. The van der Waals surface area contributed by atoms with Gasteiger partial charge in [-0.25, -0.2) is 4.79 Å². The number of carbonyl (C=O) groups excluding carboxylic acids is 1. The lowest BCUT2D eigenvalue weighted by Crippen LogP contribution is -2.59. The van der Waals surface area contributed by atoms with E-state index in [1.807, 2.05) is 32.9 Å². The molecule has 0 aromatic heterocycles. The lowest BCUT2D eigenvalue weighted by atomic mass is 9.81. The van der Waals surface area contributed by atoms with Crippen LogP contribution in [0.4, 0.5) is 10.5 Å². The molecule has 8 heteroatoms. The van der Waals surface area contributed by atoms with Crippen LogP contribution in [0.5, 0.6) is 0 Å². The number of hydrogen-bond donors (Lipinski definition) is 1. The summed E-state index contributed by atoms with van der Waals surface area (Å²) in [4.78, 5) is 15.0. The zero-order valence-corrected chi connectivity index (χ0v) is 25.8. The summed E-state index contributed by atoms with van der Waals surface area (Å²) in [6.07, 6.45) is 3.10. The Bertz CT molecular complexity index is 847. The third-order valence-electron chi connectivity index (χ3n) is 6.49. The number of benzene rings is 1. The molecular weight excluding hydrogens is 480 g/mol. The third kappa shape index (κ3) is 6.59. The van der Waals surface area contributed by atoms with Crippen molar-refractivity contribution < 1.29 is 14.6 Å². The molecule has 0 saturated carbocycles. The van der Waals surface area contributed by atoms with E-state index in [1.54, 1.807) is 4.90 Å². The minimum atomic E-state index is -1.67. The van der Waals surface area contributed by atoms with Crippen molar-refractivity contribution >= 4 is 39.9 Å². The topological polar surface area (TPSA) is 53.0 Å². The Morgan fingerprint density at radius 2 is 1.79 bits per heavy atom. The lowest BCUT2D eigenvalue weighted by molar-refractivity contribution is -0.0382. The van der Waals surface area contributed by atoms with Gasteiger partial charge in [0, 0.05) is 12.2 Å². The highest BCUT2D eigenvalue weighted by molar-refractivity contribution is 6.99. The van der Waals surface area contributed by atoms with Crippen molar-refractivity contribution in [3.05, 3.63) is 28.8 Å². The molecular formula is C26H47ClN2O3Si2. The summed E-state index contributed by atoms with van der Waals surface area (Å²) in [7, 11) is -3.33. The Labute approximate surface area is 215 Å². The van der Waals surface area contributed by atoms with Gasteiger partial charge in [-0.3, -0.25) is 4.90 Å². The first kappa shape index (κ1) is 29.2. The van der Waals surface area contributed by atoms with Gasteiger partial charge in [-0.1, -0.05) is 76.7 Å². The Kier molecular flexibility index (Phi) is 9.04. The van der Waals surface area contributed by atoms with Gasteiger partial charge in [0.1, 0.15) is 28.2 Å². The monoisotopic (exact) mass is 526 g/mol. The van der Waals surface area contributed by atoms with Gasteiger partial charge in [0.25, 0.3) is 0 Å². The standard InChI is InChI=1S/C26H47ClN2O3Si2/c1-11-12-16-26(17-13-18-28(26)24(31)32-25(2,3)4)23(30)20-14-15-22(21(27)19-20)29(33(5,6)7)34(8,9)10/h14-15,19,23,30H,11-13,16-18H2,1-10H3. The fourth-order valence-corrected chi connectivity index (χ4v) is 15.9. The molecule has 1 saturated heterocycles. The number of halogens is 1. The molecule has 1 aromatic carbocycles. The molecule has 1 amide bonds. The molecule has 1 aliphatic heterocycles. The summed E-state index contributed by atoms with van der Waals surface area (Å²) >= 11 is 6.91. The van der Waals surface area contributed by atoms with Crippen LogP contribution in [0.15, 0.2) is 18.2 Å². The molecule has 2 rings (SSSR count). The molecule has 0 spiro atoms. The van der Waals surface area contributed by atoms with Gasteiger partial charge in [-0.05, 0) is 57.7 Å². The number of ether oxygens (including phenoxy) is 1. The number of rotatable bonds is 8. The van der Waals surface area contributed by atoms with Crippen LogP contribution in [0.3, 0.4) is 0 Å². The Balaban J connectivity index is 2.49. The van der Waals surface area contributed by atoms with E-state index in [9.17, 15) is 9.90 Å². The zero-order chi connectivity index (χ0) is 26.1. The number of nitrogens with zero attached hydrogens (tertiary/aromatic N) is 2. The van der Waals surface area contributed by atoms with E-state index in [4.69, 9.17) is 16.3 Å². The van der Waals surface area contributed by atoms with E-state index < -0.39 is 33.7 Å². The van der Waals surface area contributed by atoms with Crippen LogP contribution in [0, 0.1) is 0 Å². The van der Waals surface area contributed by atoms with Gasteiger partial charge in [0.15, 0.2) is 0 Å². The van der Waals surface area contributed by atoms with Crippen LogP contribution in [-0.2, 0) is 4.74 Å². The van der Waals surface area contributed by atoms with Crippen LogP contribution < -0.4 is 4.23 Å². The van der Waals surface area contributed by atoms with E-state index in [-0.39, 0.29) is 6.09 Å². The van der Waals surface area contributed by atoms with Crippen molar-refractivity contribution in [1.29, 1.82) is 0 Å².